The molecule has 5 heteroatoms. The number of hydrogen-bond donors (Lipinski definition) is 0. The van der Waals surface area contributed by atoms with E-state index in [9.17, 15) is 9.59 Å². The van der Waals surface area contributed by atoms with Gasteiger partial charge in [-0.3, -0.25) is 19.5 Å². The molecule has 24 heavy (non-hydrogen) atoms. The van der Waals surface area contributed by atoms with Crippen molar-refractivity contribution >= 4 is 11.8 Å². The first-order valence-corrected chi connectivity index (χ1v) is 7.85. The smallest absolute Gasteiger partial charge is 0.233 e. The van der Waals surface area contributed by atoms with Crippen LogP contribution in [0.1, 0.15) is 23.1 Å². The van der Waals surface area contributed by atoms with E-state index in [4.69, 9.17) is 5.26 Å². The summed E-state index contributed by atoms with van der Waals surface area (Å²) in [6, 6.07) is 13.4. The topological polar surface area (TPSA) is 74.1 Å². The normalized spacial score (nSPS) is 17.1. The molecule has 0 bridgehead atoms. The van der Waals surface area contributed by atoms with Crippen molar-refractivity contribution in [3.05, 3.63) is 65.5 Å². The Labute approximate surface area is 140 Å². The number of rotatable bonds is 5. The molecular formula is C19H17N3O2. The lowest BCUT2D eigenvalue weighted by Crippen LogP contribution is -2.30. The van der Waals surface area contributed by atoms with Crippen LogP contribution in [0, 0.1) is 17.2 Å². The van der Waals surface area contributed by atoms with Gasteiger partial charge in [0.15, 0.2) is 0 Å². The third-order valence-electron chi connectivity index (χ3n) is 4.19. The van der Waals surface area contributed by atoms with E-state index in [-0.39, 0.29) is 30.7 Å². The van der Waals surface area contributed by atoms with Gasteiger partial charge < -0.3 is 0 Å². The van der Waals surface area contributed by atoms with Gasteiger partial charge in [0.1, 0.15) is 0 Å². The Hall–Kier alpha value is -3.00. The van der Waals surface area contributed by atoms with E-state index in [0.29, 0.717) is 12.8 Å². The second-order valence-electron chi connectivity index (χ2n) is 5.94. The van der Waals surface area contributed by atoms with Crippen LogP contribution in [-0.4, -0.2) is 21.7 Å². The minimum atomic E-state index is -0.309. The van der Waals surface area contributed by atoms with E-state index in [1.54, 1.807) is 18.5 Å². The van der Waals surface area contributed by atoms with Gasteiger partial charge in [-0.2, -0.15) is 5.26 Å². The monoisotopic (exact) mass is 319 g/mol. The van der Waals surface area contributed by atoms with Gasteiger partial charge in [-0.05, 0) is 29.2 Å². The van der Waals surface area contributed by atoms with E-state index >= 15 is 0 Å². The van der Waals surface area contributed by atoms with Crippen molar-refractivity contribution in [3.8, 4) is 6.07 Å². The SMILES string of the molecule is N#CCc1ccc(CC2CC(=O)N(Cc3cccnc3)C2=O)cc1. The summed E-state index contributed by atoms with van der Waals surface area (Å²) < 4.78 is 0. The highest BCUT2D eigenvalue weighted by molar-refractivity contribution is 6.03. The standard InChI is InChI=1S/C19H17N3O2/c20-8-7-14-3-5-15(6-4-14)10-17-11-18(23)22(19(17)24)13-16-2-1-9-21-12-16/h1-6,9,12,17H,7,10-11,13H2. The minimum Gasteiger partial charge on any atom is -0.278 e. The average molecular weight is 319 g/mol. The first-order chi connectivity index (χ1) is 11.7. The van der Waals surface area contributed by atoms with Gasteiger partial charge in [0.05, 0.1) is 25.0 Å². The van der Waals surface area contributed by atoms with Crippen LogP contribution in [0.25, 0.3) is 0 Å². The van der Waals surface area contributed by atoms with Gasteiger partial charge >= 0.3 is 0 Å². The van der Waals surface area contributed by atoms with Crippen LogP contribution in [-0.2, 0) is 29.0 Å². The van der Waals surface area contributed by atoms with Crippen LogP contribution in [0.3, 0.4) is 0 Å². The predicted molar refractivity (Wildman–Crippen MR) is 87.4 cm³/mol. The summed E-state index contributed by atoms with van der Waals surface area (Å²) in [4.78, 5) is 30.1. The highest BCUT2D eigenvalue weighted by Gasteiger charge is 2.38. The van der Waals surface area contributed by atoms with Crippen molar-refractivity contribution in [3.63, 3.8) is 0 Å². The van der Waals surface area contributed by atoms with Crippen LogP contribution < -0.4 is 0 Å². The molecule has 2 amide bonds. The Morgan fingerprint density at radius 2 is 1.88 bits per heavy atom. The van der Waals surface area contributed by atoms with E-state index in [0.717, 1.165) is 16.7 Å². The van der Waals surface area contributed by atoms with Crippen LogP contribution >= 0.6 is 0 Å². The number of amides is 2. The summed E-state index contributed by atoms with van der Waals surface area (Å²) >= 11 is 0. The summed E-state index contributed by atoms with van der Waals surface area (Å²) in [7, 11) is 0. The second-order valence-corrected chi connectivity index (χ2v) is 5.94. The van der Waals surface area contributed by atoms with Gasteiger partial charge in [-0.25, -0.2) is 0 Å². The van der Waals surface area contributed by atoms with Crippen molar-refractivity contribution in [2.45, 2.75) is 25.8 Å². The summed E-state index contributed by atoms with van der Waals surface area (Å²) in [6.45, 7) is 0.281. The number of likely N-dealkylation sites (tertiary alicyclic amines) is 1. The van der Waals surface area contributed by atoms with E-state index in [1.807, 2.05) is 30.3 Å². The van der Waals surface area contributed by atoms with Gasteiger partial charge in [0.25, 0.3) is 0 Å². The third-order valence-corrected chi connectivity index (χ3v) is 4.19. The molecule has 0 spiro atoms. The molecule has 1 aromatic heterocycles. The fourth-order valence-corrected chi connectivity index (χ4v) is 2.92. The third kappa shape index (κ3) is 3.49. The number of pyridine rings is 1. The van der Waals surface area contributed by atoms with Crippen molar-refractivity contribution in [2.75, 3.05) is 0 Å². The number of nitrogens with zero attached hydrogens (tertiary/aromatic N) is 3. The lowest BCUT2D eigenvalue weighted by Gasteiger charge is -2.15. The molecular weight excluding hydrogens is 302 g/mol. The number of carbonyl (C=O) groups is 2. The molecule has 2 aromatic rings. The summed E-state index contributed by atoms with van der Waals surface area (Å²) in [6.07, 6.45) is 4.50. The minimum absolute atomic E-state index is 0.120. The Morgan fingerprint density at radius 3 is 2.54 bits per heavy atom. The molecule has 0 radical (unpaired) electrons. The molecule has 0 N–H and O–H groups in total. The molecule has 2 heterocycles. The van der Waals surface area contributed by atoms with Gasteiger partial charge in [0.2, 0.25) is 11.8 Å². The molecule has 1 aliphatic heterocycles. The maximum Gasteiger partial charge on any atom is 0.233 e. The van der Waals surface area contributed by atoms with Crippen LogP contribution in [0.4, 0.5) is 0 Å². The van der Waals surface area contributed by atoms with E-state index in [2.05, 4.69) is 11.1 Å². The highest BCUT2D eigenvalue weighted by Crippen LogP contribution is 2.25. The van der Waals surface area contributed by atoms with Crippen LogP contribution in [0.15, 0.2) is 48.8 Å². The quantitative estimate of drug-likeness (QED) is 0.792. The Morgan fingerprint density at radius 1 is 1.12 bits per heavy atom. The number of aromatic nitrogens is 1. The molecule has 1 atom stereocenters. The lowest BCUT2D eigenvalue weighted by atomic mass is 9.97. The molecule has 1 aliphatic rings. The zero-order valence-electron chi connectivity index (χ0n) is 13.2. The fourth-order valence-electron chi connectivity index (χ4n) is 2.92. The molecule has 1 aromatic carbocycles. The van der Waals surface area contributed by atoms with Crippen molar-refractivity contribution in [1.29, 1.82) is 5.26 Å². The zero-order valence-corrected chi connectivity index (χ0v) is 13.2. The summed E-state index contributed by atoms with van der Waals surface area (Å²) in [5.74, 6) is -0.559. The summed E-state index contributed by atoms with van der Waals surface area (Å²) in [5, 5.41) is 8.69. The number of carbonyl (C=O) groups excluding carboxylic acids is 2. The van der Waals surface area contributed by atoms with Crippen molar-refractivity contribution in [1.82, 2.24) is 9.88 Å². The van der Waals surface area contributed by atoms with E-state index in [1.165, 1.54) is 4.90 Å². The first-order valence-electron chi connectivity index (χ1n) is 7.85. The largest absolute Gasteiger partial charge is 0.278 e. The Bertz CT molecular complexity index is 779. The Kier molecular flexibility index (Phi) is 4.66. The van der Waals surface area contributed by atoms with Gasteiger partial charge in [0, 0.05) is 18.8 Å². The Balaban J connectivity index is 1.66. The number of benzene rings is 1. The summed E-state index contributed by atoms with van der Waals surface area (Å²) in [5.41, 5.74) is 2.81. The molecule has 0 aliphatic carbocycles. The average Bonchev–Trinajstić information content (AvgIpc) is 2.85. The second kappa shape index (κ2) is 7.05. The highest BCUT2D eigenvalue weighted by atomic mass is 16.2. The molecule has 0 saturated carbocycles. The first kappa shape index (κ1) is 15.9. The van der Waals surface area contributed by atoms with Crippen molar-refractivity contribution < 1.29 is 9.59 Å². The molecule has 1 fully saturated rings. The number of nitriles is 1. The molecule has 3 rings (SSSR count). The molecule has 5 nitrogen and oxygen atoms in total. The molecule has 1 saturated heterocycles. The molecule has 1 unspecified atom stereocenters. The fraction of sp³-hybridized carbons (Fsp3) is 0.263. The number of imide groups is 1. The maximum atomic E-state index is 12.5. The van der Waals surface area contributed by atoms with Crippen molar-refractivity contribution in [2.24, 2.45) is 5.92 Å². The van der Waals surface area contributed by atoms with Gasteiger partial charge in [-0.1, -0.05) is 30.3 Å². The lowest BCUT2D eigenvalue weighted by molar-refractivity contribution is -0.140. The maximum absolute atomic E-state index is 12.5. The van der Waals surface area contributed by atoms with Crippen LogP contribution in [0.2, 0.25) is 0 Å². The van der Waals surface area contributed by atoms with E-state index < -0.39 is 0 Å². The predicted octanol–water partition coefficient (Wildman–Crippen LogP) is 2.27. The molecule has 120 valence electrons. The zero-order chi connectivity index (χ0) is 16.9. The van der Waals surface area contributed by atoms with Crippen LogP contribution in [0.5, 0.6) is 0 Å². The van der Waals surface area contributed by atoms with Gasteiger partial charge in [-0.15, -0.1) is 0 Å². The number of hydrogen-bond acceptors (Lipinski definition) is 4.